The number of amides is 1. The summed E-state index contributed by atoms with van der Waals surface area (Å²) >= 11 is 5.89. The molecule has 23 heavy (non-hydrogen) atoms. The minimum atomic E-state index is -0.518. The number of carbonyl (C=O) groups is 1. The van der Waals surface area contributed by atoms with E-state index >= 15 is 0 Å². The highest BCUT2D eigenvalue weighted by molar-refractivity contribution is 6.33. The van der Waals surface area contributed by atoms with Crippen LogP contribution in [0.4, 0.5) is 14.5 Å². The van der Waals surface area contributed by atoms with Crippen LogP contribution in [0.2, 0.25) is 5.02 Å². The molecule has 122 valence electrons. The second-order valence-corrected chi connectivity index (χ2v) is 5.70. The van der Waals surface area contributed by atoms with E-state index < -0.39 is 11.9 Å². The molecular formula is C17H17ClF2N2O. The summed E-state index contributed by atoms with van der Waals surface area (Å²) in [5, 5.41) is 2.77. The summed E-state index contributed by atoms with van der Waals surface area (Å²) in [6.07, 6.45) is 0. The van der Waals surface area contributed by atoms with E-state index in [-0.39, 0.29) is 16.7 Å². The third kappa shape index (κ3) is 4.50. The third-order valence-electron chi connectivity index (χ3n) is 3.61. The molecule has 0 saturated heterocycles. The number of anilines is 1. The Morgan fingerprint density at radius 2 is 1.96 bits per heavy atom. The number of nitrogens with zero attached hydrogens (tertiary/aromatic N) is 1. The Labute approximate surface area is 138 Å². The zero-order valence-corrected chi connectivity index (χ0v) is 13.6. The first-order valence-corrected chi connectivity index (χ1v) is 7.46. The van der Waals surface area contributed by atoms with Crippen molar-refractivity contribution in [3.05, 3.63) is 64.7 Å². The molecule has 6 heteroatoms. The van der Waals surface area contributed by atoms with Crippen LogP contribution in [-0.2, 0) is 11.3 Å². The van der Waals surface area contributed by atoms with E-state index in [1.165, 1.54) is 18.2 Å². The number of carbonyl (C=O) groups excluding carboxylic acids is 1. The highest BCUT2D eigenvalue weighted by Gasteiger charge is 2.20. The molecule has 0 bridgehead atoms. The van der Waals surface area contributed by atoms with Crippen LogP contribution in [0.25, 0.3) is 0 Å². The normalized spacial score (nSPS) is 12.3. The number of hydrogen-bond donors (Lipinski definition) is 1. The van der Waals surface area contributed by atoms with Crippen molar-refractivity contribution >= 4 is 23.2 Å². The van der Waals surface area contributed by atoms with Gasteiger partial charge in [0.2, 0.25) is 5.91 Å². The lowest BCUT2D eigenvalue weighted by Crippen LogP contribution is -2.39. The lowest BCUT2D eigenvalue weighted by Gasteiger charge is -2.24. The zero-order chi connectivity index (χ0) is 17.0. The maximum atomic E-state index is 13.7. The highest BCUT2D eigenvalue weighted by Crippen LogP contribution is 2.23. The molecule has 2 aromatic carbocycles. The first kappa shape index (κ1) is 17.4. The van der Waals surface area contributed by atoms with Gasteiger partial charge in [0, 0.05) is 12.1 Å². The molecule has 0 heterocycles. The van der Waals surface area contributed by atoms with Crippen LogP contribution in [0.1, 0.15) is 12.5 Å². The fraction of sp³-hybridized carbons (Fsp3) is 0.235. The molecule has 0 aliphatic heterocycles. The number of halogens is 3. The van der Waals surface area contributed by atoms with E-state index in [1.807, 2.05) is 0 Å². The molecule has 0 aromatic heterocycles. The van der Waals surface area contributed by atoms with Crippen molar-refractivity contribution < 1.29 is 13.6 Å². The van der Waals surface area contributed by atoms with Crippen molar-refractivity contribution in [3.8, 4) is 0 Å². The molecule has 2 rings (SSSR count). The summed E-state index contributed by atoms with van der Waals surface area (Å²) < 4.78 is 26.7. The molecule has 1 atom stereocenters. The van der Waals surface area contributed by atoms with Gasteiger partial charge in [-0.3, -0.25) is 9.69 Å². The number of hydrogen-bond acceptors (Lipinski definition) is 2. The van der Waals surface area contributed by atoms with Crippen molar-refractivity contribution in [2.75, 3.05) is 12.4 Å². The second-order valence-electron chi connectivity index (χ2n) is 5.30. The average molecular weight is 339 g/mol. The largest absolute Gasteiger partial charge is 0.323 e. The van der Waals surface area contributed by atoms with E-state index in [0.717, 1.165) is 6.07 Å². The Kier molecular flexibility index (Phi) is 5.69. The van der Waals surface area contributed by atoms with Gasteiger partial charge in [0.25, 0.3) is 0 Å². The topological polar surface area (TPSA) is 32.3 Å². The van der Waals surface area contributed by atoms with Crippen LogP contribution in [0, 0.1) is 11.6 Å². The third-order valence-corrected chi connectivity index (χ3v) is 3.92. The van der Waals surface area contributed by atoms with Gasteiger partial charge in [-0.25, -0.2) is 8.78 Å². The first-order valence-electron chi connectivity index (χ1n) is 7.08. The first-order chi connectivity index (χ1) is 10.9. The monoisotopic (exact) mass is 338 g/mol. The fourth-order valence-corrected chi connectivity index (χ4v) is 2.27. The Morgan fingerprint density at radius 1 is 1.26 bits per heavy atom. The molecular weight excluding hydrogens is 322 g/mol. The molecule has 0 radical (unpaired) electrons. The van der Waals surface area contributed by atoms with Crippen molar-refractivity contribution in [3.63, 3.8) is 0 Å². The van der Waals surface area contributed by atoms with Gasteiger partial charge >= 0.3 is 0 Å². The molecule has 0 saturated carbocycles. The molecule has 3 nitrogen and oxygen atoms in total. The predicted molar refractivity (Wildman–Crippen MR) is 87.4 cm³/mol. The zero-order valence-electron chi connectivity index (χ0n) is 12.8. The van der Waals surface area contributed by atoms with Gasteiger partial charge in [0.15, 0.2) is 0 Å². The van der Waals surface area contributed by atoms with Gasteiger partial charge in [-0.15, -0.1) is 0 Å². The van der Waals surface area contributed by atoms with E-state index in [1.54, 1.807) is 37.1 Å². The number of nitrogens with one attached hydrogen (secondary N) is 1. The highest BCUT2D eigenvalue weighted by atomic mass is 35.5. The fourth-order valence-electron chi connectivity index (χ4n) is 2.06. The Morgan fingerprint density at radius 3 is 2.61 bits per heavy atom. The molecule has 0 aliphatic carbocycles. The Balaban J connectivity index is 2.02. The van der Waals surface area contributed by atoms with Gasteiger partial charge in [0.1, 0.15) is 11.6 Å². The molecule has 0 unspecified atom stereocenters. The number of benzene rings is 2. The summed E-state index contributed by atoms with van der Waals surface area (Å²) in [7, 11) is 1.73. The summed E-state index contributed by atoms with van der Waals surface area (Å²) in [4.78, 5) is 14.0. The van der Waals surface area contributed by atoms with Crippen molar-refractivity contribution in [2.45, 2.75) is 19.5 Å². The van der Waals surface area contributed by atoms with Crippen LogP contribution in [0.15, 0.2) is 42.5 Å². The molecule has 0 fully saturated rings. The second kappa shape index (κ2) is 7.53. The minimum Gasteiger partial charge on any atom is -0.323 e. The van der Waals surface area contributed by atoms with Gasteiger partial charge in [-0.05, 0) is 38.2 Å². The van der Waals surface area contributed by atoms with E-state index in [2.05, 4.69) is 5.32 Å². The molecule has 1 amide bonds. The van der Waals surface area contributed by atoms with Crippen LogP contribution in [0.5, 0.6) is 0 Å². The van der Waals surface area contributed by atoms with Crippen molar-refractivity contribution in [1.29, 1.82) is 0 Å². The lowest BCUT2D eigenvalue weighted by atomic mass is 10.1. The smallest absolute Gasteiger partial charge is 0.241 e. The molecule has 1 N–H and O–H groups in total. The van der Waals surface area contributed by atoms with Crippen molar-refractivity contribution in [2.24, 2.45) is 0 Å². The number of rotatable bonds is 5. The van der Waals surface area contributed by atoms with E-state index in [0.29, 0.717) is 17.8 Å². The number of likely N-dealkylation sites (N-methyl/N-ethyl adjacent to an activating group) is 1. The summed E-state index contributed by atoms with van der Waals surface area (Å²) in [6.45, 7) is 1.99. The van der Waals surface area contributed by atoms with Crippen LogP contribution < -0.4 is 5.32 Å². The van der Waals surface area contributed by atoms with Crippen molar-refractivity contribution in [1.82, 2.24) is 4.90 Å². The maximum absolute atomic E-state index is 13.7. The summed E-state index contributed by atoms with van der Waals surface area (Å²) in [5.74, 6) is -1.09. The van der Waals surface area contributed by atoms with Gasteiger partial charge in [-0.2, -0.15) is 0 Å². The maximum Gasteiger partial charge on any atom is 0.241 e. The predicted octanol–water partition coefficient (Wildman–Crippen LogP) is 4.08. The SMILES string of the molecule is C[C@@H](C(=O)Nc1ccc(F)cc1Cl)N(C)Cc1ccccc1F. The van der Waals surface area contributed by atoms with Gasteiger partial charge < -0.3 is 5.32 Å². The molecule has 2 aromatic rings. The summed E-state index contributed by atoms with van der Waals surface area (Å²) in [6, 6.07) is 9.65. The van der Waals surface area contributed by atoms with Crippen LogP contribution in [-0.4, -0.2) is 23.9 Å². The van der Waals surface area contributed by atoms with E-state index in [4.69, 9.17) is 11.6 Å². The van der Waals surface area contributed by atoms with Gasteiger partial charge in [0.05, 0.1) is 16.8 Å². The lowest BCUT2D eigenvalue weighted by molar-refractivity contribution is -0.120. The Hall–Kier alpha value is -1.98. The average Bonchev–Trinajstić information content (AvgIpc) is 2.51. The quantitative estimate of drug-likeness (QED) is 0.891. The minimum absolute atomic E-state index is 0.127. The standard InChI is InChI=1S/C17H17ClF2N2O/c1-11(22(2)10-12-5-3-4-6-15(12)20)17(23)21-16-8-7-13(19)9-14(16)18/h3-9,11H,10H2,1-2H3,(H,21,23)/t11-/m0/s1. The Bertz CT molecular complexity index is 709. The molecule has 0 aliphatic rings. The molecule has 0 spiro atoms. The van der Waals surface area contributed by atoms with Gasteiger partial charge in [-0.1, -0.05) is 29.8 Å². The van der Waals surface area contributed by atoms with E-state index in [9.17, 15) is 13.6 Å². The summed E-state index contributed by atoms with van der Waals surface area (Å²) in [5.41, 5.74) is 0.846. The van der Waals surface area contributed by atoms with Crippen LogP contribution >= 0.6 is 11.6 Å². The van der Waals surface area contributed by atoms with Crippen LogP contribution in [0.3, 0.4) is 0 Å².